The number of ether oxygens (including phenoxy) is 2. The Morgan fingerprint density at radius 1 is 0.738 bits per heavy atom. The molecule has 0 aromatic heterocycles. The molecule has 0 aromatic rings. The van der Waals surface area contributed by atoms with Crippen LogP contribution in [0, 0.1) is 0 Å². The van der Waals surface area contributed by atoms with Crippen LogP contribution in [0.4, 0.5) is 0 Å². The first-order chi connectivity index (χ1) is 20.3. The minimum absolute atomic E-state index is 0.0110. The minimum atomic E-state index is -0.579. The Balaban J connectivity index is 1.35. The Morgan fingerprint density at radius 2 is 1.29 bits per heavy atom. The molecule has 7 nitrogen and oxygen atoms in total. The van der Waals surface area contributed by atoms with Gasteiger partial charge in [0.2, 0.25) is 0 Å². The van der Waals surface area contributed by atoms with Crippen molar-refractivity contribution in [3.8, 4) is 0 Å². The van der Waals surface area contributed by atoms with Crippen molar-refractivity contribution in [2.45, 2.75) is 204 Å². The summed E-state index contributed by atoms with van der Waals surface area (Å²) in [6.07, 6.45) is 23.5. The van der Waals surface area contributed by atoms with Gasteiger partial charge in [0.05, 0.1) is 36.6 Å². The van der Waals surface area contributed by atoms with E-state index in [0.29, 0.717) is 30.9 Å². The van der Waals surface area contributed by atoms with E-state index in [0.717, 1.165) is 89.9 Å². The number of rotatable bonds is 26. The van der Waals surface area contributed by atoms with Gasteiger partial charge in [0.25, 0.3) is 0 Å². The fourth-order valence-electron chi connectivity index (χ4n) is 6.46. The molecular weight excluding hydrogens is 532 g/mol. The van der Waals surface area contributed by atoms with E-state index in [1.807, 2.05) is 19.9 Å². The minimum Gasteiger partial charge on any atom is -0.455 e. The Morgan fingerprint density at radius 3 is 1.88 bits per heavy atom. The van der Waals surface area contributed by atoms with E-state index < -0.39 is 18.3 Å². The molecule has 0 radical (unpaired) electrons. The normalized spacial score (nSPS) is 23.5. The Hall–Kier alpha value is -0.990. The number of hydrogen-bond donors (Lipinski definition) is 4. The third-order valence-electron chi connectivity index (χ3n) is 9.11. The summed E-state index contributed by atoms with van der Waals surface area (Å²) in [6, 6.07) is 0. The van der Waals surface area contributed by atoms with Gasteiger partial charge in [0.1, 0.15) is 6.10 Å². The zero-order valence-corrected chi connectivity index (χ0v) is 26.9. The number of esters is 1. The highest BCUT2D eigenvalue weighted by molar-refractivity contribution is 5.90. The average molecular weight is 597 g/mol. The van der Waals surface area contributed by atoms with Crippen molar-refractivity contribution in [3.05, 3.63) is 11.6 Å². The molecule has 0 bridgehead atoms. The van der Waals surface area contributed by atoms with Crippen LogP contribution in [0.15, 0.2) is 11.6 Å². The van der Waals surface area contributed by atoms with Gasteiger partial charge >= 0.3 is 5.97 Å². The van der Waals surface area contributed by atoms with Crippen LogP contribution >= 0.6 is 0 Å². The fourth-order valence-corrected chi connectivity index (χ4v) is 6.46. The van der Waals surface area contributed by atoms with Crippen LogP contribution in [0.5, 0.6) is 0 Å². The molecule has 7 heteroatoms. The van der Waals surface area contributed by atoms with Crippen molar-refractivity contribution in [2.24, 2.45) is 0 Å². The molecule has 4 N–H and O–H groups in total. The van der Waals surface area contributed by atoms with Gasteiger partial charge < -0.3 is 29.9 Å². The largest absolute Gasteiger partial charge is 0.455 e. The lowest BCUT2D eigenvalue weighted by Crippen LogP contribution is -2.26. The Bertz CT molecular complexity index is 726. The van der Waals surface area contributed by atoms with Crippen molar-refractivity contribution in [1.29, 1.82) is 0 Å². The van der Waals surface area contributed by atoms with Gasteiger partial charge in [-0.3, -0.25) is 0 Å². The molecule has 0 unspecified atom stereocenters. The quantitative estimate of drug-likeness (QED) is 0.0624. The van der Waals surface area contributed by atoms with Gasteiger partial charge in [-0.15, -0.1) is 0 Å². The summed E-state index contributed by atoms with van der Waals surface area (Å²) in [4.78, 5) is 11.6. The summed E-state index contributed by atoms with van der Waals surface area (Å²) < 4.78 is 11.3. The number of aliphatic hydroxyl groups excluding tert-OH is 4. The molecule has 1 saturated heterocycles. The highest BCUT2D eigenvalue weighted by Gasteiger charge is 2.30. The maximum atomic E-state index is 11.6. The zero-order chi connectivity index (χ0) is 30.6. The average Bonchev–Trinajstić information content (AvgIpc) is 3.56. The smallest absolute Gasteiger partial charge is 0.334 e. The van der Waals surface area contributed by atoms with Crippen LogP contribution < -0.4 is 0 Å². The lowest BCUT2D eigenvalue weighted by atomic mass is 10.00. The molecule has 42 heavy (non-hydrogen) atoms. The van der Waals surface area contributed by atoms with Crippen LogP contribution in [0.25, 0.3) is 0 Å². The second-order valence-electron chi connectivity index (χ2n) is 13.1. The highest BCUT2D eigenvalue weighted by atomic mass is 16.5. The van der Waals surface area contributed by atoms with Gasteiger partial charge in [-0.05, 0) is 57.9 Å². The van der Waals surface area contributed by atoms with Gasteiger partial charge in [-0.2, -0.15) is 0 Å². The molecule has 0 amide bonds. The van der Waals surface area contributed by atoms with E-state index in [1.165, 1.54) is 38.5 Å². The summed E-state index contributed by atoms with van der Waals surface area (Å²) in [5.74, 6) is -0.276. The predicted molar refractivity (Wildman–Crippen MR) is 168 cm³/mol. The van der Waals surface area contributed by atoms with Gasteiger partial charge in [0, 0.05) is 12.0 Å². The van der Waals surface area contributed by atoms with Crippen molar-refractivity contribution in [2.75, 3.05) is 0 Å². The number of cyclic esters (lactones) is 1. The van der Waals surface area contributed by atoms with E-state index in [1.54, 1.807) is 0 Å². The molecule has 2 aliphatic rings. The topological polar surface area (TPSA) is 116 Å². The van der Waals surface area contributed by atoms with E-state index in [-0.39, 0.29) is 24.3 Å². The molecule has 0 aromatic carbocycles. The van der Waals surface area contributed by atoms with Crippen LogP contribution in [0.3, 0.4) is 0 Å². The van der Waals surface area contributed by atoms with Crippen LogP contribution in [0.1, 0.15) is 162 Å². The van der Waals surface area contributed by atoms with Crippen molar-refractivity contribution in [3.63, 3.8) is 0 Å². The molecule has 2 heterocycles. The summed E-state index contributed by atoms with van der Waals surface area (Å²) >= 11 is 0. The molecule has 2 rings (SSSR count). The Kier molecular flexibility index (Phi) is 19.9. The summed E-state index contributed by atoms with van der Waals surface area (Å²) in [5, 5.41) is 40.5. The second kappa shape index (κ2) is 22.5. The maximum absolute atomic E-state index is 11.6. The standard InChI is InChI=1S/C35H64O7/c1-3-18-31(37)32(38)21-16-12-8-9-13-17-22-33(39)34-24-23-30(42-34)20-15-11-7-5-4-6-10-14-19-29(36)26-28-25-27(2)41-35(28)40/h25,27,29-34,36-39H,3-24,26H2,1-2H3/t27-,29+,30-,31+,32+,33+,34+/m0/s1. The molecule has 1 fully saturated rings. The predicted octanol–water partition coefficient (Wildman–Crippen LogP) is 7.06. The van der Waals surface area contributed by atoms with Gasteiger partial charge in [0.15, 0.2) is 0 Å². The van der Waals surface area contributed by atoms with Crippen molar-refractivity contribution in [1.82, 2.24) is 0 Å². The molecule has 2 aliphatic heterocycles. The molecule has 0 saturated carbocycles. The number of unbranched alkanes of at least 4 members (excludes halogenated alkanes) is 12. The highest BCUT2D eigenvalue weighted by Crippen LogP contribution is 2.28. The molecular formula is C35H64O7. The molecule has 7 atom stereocenters. The first kappa shape index (κ1) is 37.2. The van der Waals surface area contributed by atoms with Crippen molar-refractivity contribution < 1.29 is 34.7 Å². The third kappa shape index (κ3) is 16.2. The summed E-state index contributed by atoms with van der Waals surface area (Å²) in [7, 11) is 0. The van der Waals surface area contributed by atoms with Gasteiger partial charge in [-0.1, -0.05) is 103 Å². The van der Waals surface area contributed by atoms with E-state index in [9.17, 15) is 25.2 Å². The van der Waals surface area contributed by atoms with E-state index in [4.69, 9.17) is 9.47 Å². The van der Waals surface area contributed by atoms with E-state index >= 15 is 0 Å². The third-order valence-corrected chi connectivity index (χ3v) is 9.11. The van der Waals surface area contributed by atoms with E-state index in [2.05, 4.69) is 0 Å². The second-order valence-corrected chi connectivity index (χ2v) is 13.1. The molecule has 0 aliphatic carbocycles. The molecule has 246 valence electrons. The molecule has 0 spiro atoms. The maximum Gasteiger partial charge on any atom is 0.334 e. The van der Waals surface area contributed by atoms with Crippen LogP contribution in [-0.2, 0) is 14.3 Å². The number of carbonyl (C=O) groups excluding carboxylic acids is 1. The lowest BCUT2D eigenvalue weighted by Gasteiger charge is -2.19. The first-order valence-electron chi connectivity index (χ1n) is 17.6. The lowest BCUT2D eigenvalue weighted by molar-refractivity contribution is -0.139. The first-order valence-corrected chi connectivity index (χ1v) is 17.6. The van der Waals surface area contributed by atoms with Gasteiger partial charge in [-0.25, -0.2) is 4.79 Å². The monoisotopic (exact) mass is 596 g/mol. The van der Waals surface area contributed by atoms with Crippen molar-refractivity contribution >= 4 is 5.97 Å². The number of carbonyl (C=O) groups is 1. The van der Waals surface area contributed by atoms with Crippen LogP contribution in [0.2, 0.25) is 0 Å². The summed E-state index contributed by atoms with van der Waals surface area (Å²) in [6.45, 7) is 3.86. The number of aliphatic hydroxyl groups is 4. The Labute approximate surface area is 256 Å². The SMILES string of the molecule is CCC[C@@H](O)[C@H](O)CCCCCCCC[C@@H](O)[C@H]1CC[C@H](CCCCCCCCCC[C@@H](O)CC2=C[C@H](C)OC2=O)O1. The fraction of sp³-hybridized carbons (Fsp3) is 0.914. The zero-order valence-electron chi connectivity index (χ0n) is 26.9. The van der Waals surface area contributed by atoms with Crippen LogP contribution in [-0.4, -0.2) is 69.1 Å². The summed E-state index contributed by atoms with van der Waals surface area (Å²) in [5.41, 5.74) is 0.623. The number of hydrogen-bond acceptors (Lipinski definition) is 7.